The van der Waals surface area contributed by atoms with Gasteiger partial charge in [0.25, 0.3) is 5.91 Å². The van der Waals surface area contributed by atoms with Crippen LogP contribution in [-0.2, 0) is 19.1 Å². The fourth-order valence-corrected chi connectivity index (χ4v) is 2.51. The maximum absolute atomic E-state index is 12.4. The average Bonchev–Trinajstić information content (AvgIpc) is 2.88. The van der Waals surface area contributed by atoms with Crippen LogP contribution < -0.4 is 4.90 Å². The maximum atomic E-state index is 12.4. The lowest BCUT2D eigenvalue weighted by atomic mass is 10.1. The summed E-state index contributed by atoms with van der Waals surface area (Å²) < 4.78 is 4.68. The number of esters is 1. The fraction of sp³-hybridized carbons (Fsp3) is 0.286. The van der Waals surface area contributed by atoms with Crippen molar-refractivity contribution < 1.29 is 19.1 Å². The van der Waals surface area contributed by atoms with Crippen molar-refractivity contribution in [1.82, 2.24) is 4.90 Å². The van der Waals surface area contributed by atoms with Gasteiger partial charge in [-0.15, -0.1) is 0 Å². The highest BCUT2D eigenvalue weighted by atomic mass is 16.5. The first kappa shape index (κ1) is 13.3. The molecule has 0 N–H and O–H groups in total. The van der Waals surface area contributed by atoms with Crippen molar-refractivity contribution in [2.45, 2.75) is 12.5 Å². The summed E-state index contributed by atoms with van der Waals surface area (Å²) in [5.41, 5.74) is 0.615. The lowest BCUT2D eigenvalue weighted by Crippen LogP contribution is -2.60. The van der Waals surface area contributed by atoms with Gasteiger partial charge in [-0.3, -0.25) is 19.4 Å². The van der Waals surface area contributed by atoms with Crippen molar-refractivity contribution in [1.29, 1.82) is 0 Å². The zero-order chi connectivity index (χ0) is 15.0. The second-order valence-electron chi connectivity index (χ2n) is 4.69. The van der Waals surface area contributed by atoms with Gasteiger partial charge < -0.3 is 4.74 Å². The molecule has 3 rings (SSSR count). The van der Waals surface area contributed by atoms with Gasteiger partial charge in [-0.25, -0.2) is 9.79 Å². The molecule has 2 aliphatic heterocycles. The summed E-state index contributed by atoms with van der Waals surface area (Å²) in [5.74, 6) is -1.02. The number of rotatable bonds is 2. The molecule has 2 heterocycles. The van der Waals surface area contributed by atoms with Gasteiger partial charge in [-0.05, 0) is 12.1 Å². The summed E-state index contributed by atoms with van der Waals surface area (Å²) >= 11 is 0. The lowest BCUT2D eigenvalue weighted by molar-refractivity contribution is -0.151. The van der Waals surface area contributed by atoms with Crippen LogP contribution in [0, 0.1) is 0 Å². The summed E-state index contributed by atoms with van der Waals surface area (Å²) in [6.45, 7) is -0.0700. The average molecular weight is 287 g/mol. The van der Waals surface area contributed by atoms with Gasteiger partial charge in [0.05, 0.1) is 19.2 Å². The highest BCUT2D eigenvalue weighted by molar-refractivity contribution is 6.25. The molecule has 7 heteroatoms. The van der Waals surface area contributed by atoms with Gasteiger partial charge in [-0.1, -0.05) is 18.2 Å². The molecular formula is C14H13N3O4. The number of nitrogens with zero attached hydrogens (tertiary/aromatic N) is 3. The van der Waals surface area contributed by atoms with E-state index in [4.69, 9.17) is 0 Å². The Morgan fingerprint density at radius 1 is 1.24 bits per heavy atom. The first-order chi connectivity index (χ1) is 10.1. The van der Waals surface area contributed by atoms with E-state index in [-0.39, 0.29) is 30.7 Å². The zero-order valence-electron chi connectivity index (χ0n) is 11.4. The number of anilines is 1. The maximum Gasteiger partial charge on any atom is 0.329 e. The lowest BCUT2D eigenvalue weighted by Gasteiger charge is -2.37. The summed E-state index contributed by atoms with van der Waals surface area (Å²) in [7, 11) is 1.23. The predicted octanol–water partition coefficient (Wildman–Crippen LogP) is 0.163. The molecule has 0 saturated carbocycles. The van der Waals surface area contributed by atoms with Crippen LogP contribution in [0.4, 0.5) is 5.69 Å². The monoisotopic (exact) mass is 287 g/mol. The molecule has 0 aliphatic carbocycles. The minimum Gasteiger partial charge on any atom is -0.467 e. The first-order valence-electron chi connectivity index (χ1n) is 6.46. The molecule has 2 amide bonds. The van der Waals surface area contributed by atoms with Crippen molar-refractivity contribution in [3.63, 3.8) is 0 Å². The number of guanidine groups is 1. The van der Waals surface area contributed by atoms with Crippen molar-refractivity contribution in [2.24, 2.45) is 4.99 Å². The molecule has 0 bridgehead atoms. The van der Waals surface area contributed by atoms with Crippen LogP contribution in [0.2, 0.25) is 0 Å². The molecule has 0 spiro atoms. The summed E-state index contributed by atoms with van der Waals surface area (Å²) in [6, 6.07) is 7.97. The molecule has 21 heavy (non-hydrogen) atoms. The summed E-state index contributed by atoms with van der Waals surface area (Å²) in [6.07, 6.45) is -0.119. The first-order valence-corrected chi connectivity index (χ1v) is 6.46. The molecule has 108 valence electrons. The summed E-state index contributed by atoms with van der Waals surface area (Å²) in [4.78, 5) is 42.9. The standard InChI is InChI=1S/C14H13N3O4/c1-21-13(20)10-7-11(18)16(9-5-3-2-4-6-9)14-15-8-12(19)17(10)14/h2-6,10H,7-8H2,1H3. The molecular weight excluding hydrogens is 274 g/mol. The Hall–Kier alpha value is -2.70. The summed E-state index contributed by atoms with van der Waals surface area (Å²) in [5, 5.41) is 0. The van der Waals surface area contributed by atoms with Crippen LogP contribution in [0.5, 0.6) is 0 Å². The van der Waals surface area contributed by atoms with Crippen LogP contribution in [0.3, 0.4) is 0 Å². The van der Waals surface area contributed by atoms with E-state index >= 15 is 0 Å². The highest BCUT2D eigenvalue weighted by Gasteiger charge is 2.47. The number of aliphatic imine (C=N–C) groups is 1. The number of hydrogen-bond donors (Lipinski definition) is 0. The van der Waals surface area contributed by atoms with Crippen molar-refractivity contribution >= 4 is 29.4 Å². The van der Waals surface area contributed by atoms with E-state index in [1.165, 1.54) is 16.9 Å². The number of ether oxygens (including phenoxy) is 1. The second kappa shape index (κ2) is 5.01. The van der Waals surface area contributed by atoms with E-state index in [1.807, 2.05) is 6.07 Å². The van der Waals surface area contributed by atoms with E-state index in [2.05, 4.69) is 9.73 Å². The van der Waals surface area contributed by atoms with E-state index in [9.17, 15) is 14.4 Å². The molecule has 1 unspecified atom stereocenters. The second-order valence-corrected chi connectivity index (χ2v) is 4.69. The van der Waals surface area contributed by atoms with Gasteiger partial charge >= 0.3 is 5.97 Å². The number of benzene rings is 1. The third-order valence-corrected chi connectivity index (χ3v) is 3.46. The molecule has 1 saturated heterocycles. The van der Waals surface area contributed by atoms with Crippen LogP contribution in [-0.4, -0.2) is 48.3 Å². The Kier molecular flexibility index (Phi) is 3.17. The minimum absolute atomic E-state index is 0.0700. The smallest absolute Gasteiger partial charge is 0.329 e. The Balaban J connectivity index is 2.01. The zero-order valence-corrected chi connectivity index (χ0v) is 11.4. The Bertz CT molecular complexity index is 641. The number of para-hydroxylation sites is 1. The SMILES string of the molecule is COC(=O)C1CC(=O)N(c2ccccc2)C2=NCC(=O)N21. The number of carbonyl (C=O) groups excluding carboxylic acids is 3. The molecule has 7 nitrogen and oxygen atoms in total. The molecule has 0 aromatic heterocycles. The number of carbonyl (C=O) groups is 3. The van der Waals surface area contributed by atoms with E-state index in [1.54, 1.807) is 24.3 Å². The molecule has 1 aromatic rings. The number of fused-ring (bicyclic) bond motifs is 1. The van der Waals surface area contributed by atoms with Crippen molar-refractivity contribution in [2.75, 3.05) is 18.6 Å². The highest BCUT2D eigenvalue weighted by Crippen LogP contribution is 2.27. The normalized spacial score (nSPS) is 21.2. The number of methoxy groups -OCH3 is 1. The third kappa shape index (κ3) is 2.06. The van der Waals surface area contributed by atoms with Crippen molar-refractivity contribution in [3.8, 4) is 0 Å². The number of amides is 2. The van der Waals surface area contributed by atoms with Gasteiger partial charge in [0.15, 0.2) is 0 Å². The Morgan fingerprint density at radius 2 is 1.95 bits per heavy atom. The molecule has 0 radical (unpaired) electrons. The van der Waals surface area contributed by atoms with Crippen LogP contribution >= 0.6 is 0 Å². The van der Waals surface area contributed by atoms with Crippen LogP contribution in [0.15, 0.2) is 35.3 Å². The Labute approximate surface area is 120 Å². The molecule has 2 aliphatic rings. The predicted molar refractivity (Wildman–Crippen MR) is 73.5 cm³/mol. The third-order valence-electron chi connectivity index (χ3n) is 3.46. The van der Waals surface area contributed by atoms with Gasteiger partial charge in [0, 0.05) is 0 Å². The minimum atomic E-state index is -0.934. The topological polar surface area (TPSA) is 79.3 Å². The quantitative estimate of drug-likeness (QED) is 0.726. The largest absolute Gasteiger partial charge is 0.467 e. The van der Waals surface area contributed by atoms with Gasteiger partial charge in [0.1, 0.15) is 12.6 Å². The van der Waals surface area contributed by atoms with E-state index < -0.39 is 12.0 Å². The van der Waals surface area contributed by atoms with Gasteiger partial charge in [-0.2, -0.15) is 0 Å². The Morgan fingerprint density at radius 3 is 2.62 bits per heavy atom. The van der Waals surface area contributed by atoms with Crippen molar-refractivity contribution in [3.05, 3.63) is 30.3 Å². The number of hydrogen-bond acceptors (Lipinski definition) is 5. The van der Waals surface area contributed by atoms with Gasteiger partial charge in [0.2, 0.25) is 11.9 Å². The molecule has 1 aromatic carbocycles. The molecule has 1 fully saturated rings. The van der Waals surface area contributed by atoms with E-state index in [0.29, 0.717) is 5.69 Å². The fourth-order valence-electron chi connectivity index (χ4n) is 2.51. The molecule has 1 atom stereocenters. The van der Waals surface area contributed by atoms with E-state index in [0.717, 1.165) is 0 Å². The van der Waals surface area contributed by atoms with Crippen LogP contribution in [0.25, 0.3) is 0 Å². The van der Waals surface area contributed by atoms with Crippen LogP contribution in [0.1, 0.15) is 6.42 Å².